The summed E-state index contributed by atoms with van der Waals surface area (Å²) in [4.78, 5) is 12.7. The van der Waals surface area contributed by atoms with Crippen molar-refractivity contribution in [1.82, 2.24) is 5.32 Å². The monoisotopic (exact) mass is 367 g/mol. The number of carbonyl (C=O) groups excluding carboxylic acids is 1. The Bertz CT molecular complexity index is 787. The first-order valence-electron chi connectivity index (χ1n) is 9.83. The van der Waals surface area contributed by atoms with Gasteiger partial charge in [-0.2, -0.15) is 0 Å². The topological polar surface area (TPSA) is 47.6 Å². The number of amides is 1. The summed E-state index contributed by atoms with van der Waals surface area (Å²) in [6, 6.07) is 14.0. The molecule has 0 saturated carbocycles. The fourth-order valence-corrected chi connectivity index (χ4v) is 3.61. The van der Waals surface area contributed by atoms with Crippen LogP contribution in [-0.2, 0) is 17.6 Å². The van der Waals surface area contributed by atoms with Crippen molar-refractivity contribution in [3.63, 3.8) is 0 Å². The third-order valence-corrected chi connectivity index (χ3v) is 5.22. The maximum Gasteiger partial charge on any atom is 0.261 e. The van der Waals surface area contributed by atoms with Crippen molar-refractivity contribution in [1.29, 1.82) is 0 Å². The molecule has 0 aromatic heterocycles. The predicted molar refractivity (Wildman–Crippen MR) is 107 cm³/mol. The van der Waals surface area contributed by atoms with E-state index in [4.69, 9.17) is 9.47 Å². The molecular formula is C23H29NO3. The van der Waals surface area contributed by atoms with Crippen LogP contribution < -0.4 is 14.8 Å². The Labute approximate surface area is 161 Å². The maximum atomic E-state index is 12.7. The molecule has 0 aliphatic heterocycles. The molecule has 0 heterocycles. The van der Waals surface area contributed by atoms with Crippen LogP contribution >= 0.6 is 0 Å². The summed E-state index contributed by atoms with van der Waals surface area (Å²) in [6.07, 6.45) is 5.11. The molecule has 1 N–H and O–H groups in total. The average molecular weight is 367 g/mol. The number of carbonyl (C=O) groups is 1. The number of nitrogens with one attached hydrogen (secondary N) is 1. The van der Waals surface area contributed by atoms with Crippen LogP contribution in [0.2, 0.25) is 0 Å². The fourth-order valence-electron chi connectivity index (χ4n) is 3.61. The second kappa shape index (κ2) is 8.94. The molecule has 2 atom stereocenters. The lowest BCUT2D eigenvalue weighted by Crippen LogP contribution is -2.38. The van der Waals surface area contributed by atoms with Crippen LogP contribution in [-0.4, -0.2) is 19.1 Å². The molecule has 0 fully saturated rings. The summed E-state index contributed by atoms with van der Waals surface area (Å²) in [5.41, 5.74) is 4.08. The molecule has 0 saturated heterocycles. The third kappa shape index (κ3) is 4.82. The van der Waals surface area contributed by atoms with Crippen LogP contribution in [0.4, 0.5) is 0 Å². The van der Waals surface area contributed by atoms with E-state index in [1.54, 1.807) is 20.1 Å². The minimum atomic E-state index is -0.580. The van der Waals surface area contributed by atoms with Gasteiger partial charge in [0.15, 0.2) is 6.10 Å². The molecule has 4 heteroatoms. The second-order valence-corrected chi connectivity index (χ2v) is 7.14. The first kappa shape index (κ1) is 19.3. The highest BCUT2D eigenvalue weighted by Crippen LogP contribution is 2.26. The summed E-state index contributed by atoms with van der Waals surface area (Å²) in [7, 11) is 1.61. The molecule has 0 radical (unpaired) electrons. The SMILES string of the molecule is CC[C@H](NC(=O)[C@H](C)Oc1cccc(OC)c1)c1ccc2c(c1)CCCC2. The molecule has 4 nitrogen and oxygen atoms in total. The average Bonchev–Trinajstić information content (AvgIpc) is 2.71. The van der Waals surface area contributed by atoms with Gasteiger partial charge < -0.3 is 14.8 Å². The fraction of sp³-hybridized carbons (Fsp3) is 0.435. The predicted octanol–water partition coefficient (Wildman–Crippen LogP) is 4.61. The molecule has 1 aliphatic rings. The zero-order chi connectivity index (χ0) is 19.2. The lowest BCUT2D eigenvalue weighted by molar-refractivity contribution is -0.128. The largest absolute Gasteiger partial charge is 0.497 e. The number of fused-ring (bicyclic) bond motifs is 1. The van der Waals surface area contributed by atoms with Crippen LogP contribution in [0.25, 0.3) is 0 Å². The Balaban J connectivity index is 1.65. The van der Waals surface area contributed by atoms with Crippen molar-refractivity contribution >= 4 is 5.91 Å². The normalized spacial score (nSPS) is 15.4. The number of aryl methyl sites for hydroxylation is 2. The highest BCUT2D eigenvalue weighted by atomic mass is 16.5. The van der Waals surface area contributed by atoms with Crippen molar-refractivity contribution in [3.05, 3.63) is 59.2 Å². The van der Waals surface area contributed by atoms with Gasteiger partial charge in [0.2, 0.25) is 0 Å². The van der Waals surface area contributed by atoms with E-state index in [-0.39, 0.29) is 11.9 Å². The molecule has 0 unspecified atom stereocenters. The van der Waals surface area contributed by atoms with Gasteiger partial charge in [0, 0.05) is 6.07 Å². The summed E-state index contributed by atoms with van der Waals surface area (Å²) in [5.74, 6) is 1.22. The zero-order valence-corrected chi connectivity index (χ0v) is 16.5. The Kier molecular flexibility index (Phi) is 6.38. The van der Waals surface area contributed by atoms with E-state index in [2.05, 4.69) is 30.4 Å². The van der Waals surface area contributed by atoms with Gasteiger partial charge in [-0.25, -0.2) is 0 Å². The van der Waals surface area contributed by atoms with E-state index in [1.165, 1.54) is 36.0 Å². The lowest BCUT2D eigenvalue weighted by Gasteiger charge is -2.23. The first-order valence-corrected chi connectivity index (χ1v) is 9.83. The Hall–Kier alpha value is -2.49. The van der Waals surface area contributed by atoms with Gasteiger partial charge in [-0.3, -0.25) is 4.79 Å². The number of hydrogen-bond acceptors (Lipinski definition) is 3. The number of ether oxygens (including phenoxy) is 2. The number of benzene rings is 2. The molecule has 2 aromatic rings. The maximum absolute atomic E-state index is 12.7. The lowest BCUT2D eigenvalue weighted by atomic mass is 9.89. The molecule has 2 aromatic carbocycles. The van der Waals surface area contributed by atoms with Gasteiger partial charge in [0.25, 0.3) is 5.91 Å². The molecule has 0 spiro atoms. The Morgan fingerprint density at radius 1 is 1.07 bits per heavy atom. The van der Waals surface area contributed by atoms with Gasteiger partial charge in [-0.05, 0) is 67.9 Å². The Morgan fingerprint density at radius 3 is 2.56 bits per heavy atom. The first-order chi connectivity index (χ1) is 13.1. The van der Waals surface area contributed by atoms with Crippen molar-refractivity contribution in [2.45, 2.75) is 58.1 Å². The van der Waals surface area contributed by atoms with Gasteiger partial charge in [0.1, 0.15) is 11.5 Å². The van der Waals surface area contributed by atoms with Gasteiger partial charge in [-0.15, -0.1) is 0 Å². The third-order valence-electron chi connectivity index (χ3n) is 5.22. The molecular weight excluding hydrogens is 338 g/mol. The van der Waals surface area contributed by atoms with E-state index in [9.17, 15) is 4.79 Å². The summed E-state index contributed by atoms with van der Waals surface area (Å²) in [6.45, 7) is 3.87. The molecule has 144 valence electrons. The molecule has 3 rings (SSSR count). The molecule has 1 amide bonds. The molecule has 1 aliphatic carbocycles. The summed E-state index contributed by atoms with van der Waals surface area (Å²) < 4.78 is 11.0. The van der Waals surface area contributed by atoms with Crippen LogP contribution in [0.3, 0.4) is 0 Å². The molecule has 0 bridgehead atoms. The van der Waals surface area contributed by atoms with Crippen molar-refractivity contribution in [2.24, 2.45) is 0 Å². The van der Waals surface area contributed by atoms with E-state index >= 15 is 0 Å². The van der Waals surface area contributed by atoms with Crippen LogP contribution in [0.1, 0.15) is 55.8 Å². The number of methoxy groups -OCH3 is 1. The zero-order valence-electron chi connectivity index (χ0n) is 16.5. The standard InChI is InChI=1S/C23H29NO3/c1-4-22(19-13-12-17-8-5-6-9-18(17)14-19)24-23(25)16(2)27-21-11-7-10-20(15-21)26-3/h7,10-16,22H,4-6,8-9H2,1-3H3,(H,24,25)/t16-,22-/m0/s1. The van der Waals surface area contributed by atoms with E-state index < -0.39 is 6.10 Å². The van der Waals surface area contributed by atoms with E-state index in [1.807, 2.05) is 18.2 Å². The quantitative estimate of drug-likeness (QED) is 0.777. The summed E-state index contributed by atoms with van der Waals surface area (Å²) in [5, 5.41) is 3.14. The van der Waals surface area contributed by atoms with Crippen molar-refractivity contribution in [2.75, 3.05) is 7.11 Å². The van der Waals surface area contributed by atoms with Crippen LogP contribution in [0, 0.1) is 0 Å². The van der Waals surface area contributed by atoms with Gasteiger partial charge in [-0.1, -0.05) is 31.2 Å². The van der Waals surface area contributed by atoms with E-state index in [0.29, 0.717) is 11.5 Å². The number of rotatable bonds is 7. The number of hydrogen-bond donors (Lipinski definition) is 1. The van der Waals surface area contributed by atoms with Crippen LogP contribution in [0.15, 0.2) is 42.5 Å². The van der Waals surface area contributed by atoms with Crippen LogP contribution in [0.5, 0.6) is 11.5 Å². The van der Waals surface area contributed by atoms with Gasteiger partial charge in [0.05, 0.1) is 13.2 Å². The van der Waals surface area contributed by atoms with Gasteiger partial charge >= 0.3 is 0 Å². The van der Waals surface area contributed by atoms with Crippen molar-refractivity contribution < 1.29 is 14.3 Å². The minimum absolute atomic E-state index is 0.00101. The minimum Gasteiger partial charge on any atom is -0.497 e. The van der Waals surface area contributed by atoms with Crippen molar-refractivity contribution in [3.8, 4) is 11.5 Å². The van der Waals surface area contributed by atoms with E-state index in [0.717, 1.165) is 12.8 Å². The highest BCUT2D eigenvalue weighted by molar-refractivity contribution is 5.81. The highest BCUT2D eigenvalue weighted by Gasteiger charge is 2.20. The molecule has 27 heavy (non-hydrogen) atoms. The Morgan fingerprint density at radius 2 is 1.81 bits per heavy atom. The second-order valence-electron chi connectivity index (χ2n) is 7.14. The summed E-state index contributed by atoms with van der Waals surface area (Å²) >= 11 is 0. The smallest absolute Gasteiger partial charge is 0.261 e.